The third-order valence-electron chi connectivity index (χ3n) is 8.05. The molecule has 0 saturated carbocycles. The maximum Gasteiger partial charge on any atom is 0.325 e. The number of fused-ring (bicyclic) bond motifs is 4. The van der Waals surface area contributed by atoms with E-state index in [4.69, 9.17) is 15.2 Å². The number of anilines is 1. The number of nitrogens with two attached hydrogens (primary N) is 1. The zero-order valence-corrected chi connectivity index (χ0v) is 22.9. The molecule has 0 bridgehead atoms. The third-order valence-corrected chi connectivity index (χ3v) is 8.05. The average molecular weight is 577 g/mol. The van der Waals surface area contributed by atoms with Gasteiger partial charge in [0.15, 0.2) is 17.0 Å². The van der Waals surface area contributed by atoms with Gasteiger partial charge in [-0.15, -0.1) is 0 Å². The fraction of sp³-hybridized carbons (Fsp3) is 0.219. The molecule has 4 N–H and O–H groups in total. The maximum atomic E-state index is 13.1. The number of rotatable bonds is 7. The number of aliphatic hydroxyl groups excluding tert-OH is 1. The Morgan fingerprint density at radius 3 is 2.37 bits per heavy atom. The van der Waals surface area contributed by atoms with E-state index in [0.717, 1.165) is 22.3 Å². The number of imidazole rings is 1. The molecule has 2 aromatic heterocycles. The lowest BCUT2D eigenvalue weighted by atomic mass is 9.98. The average Bonchev–Trinajstić information content (AvgIpc) is 3.74. The van der Waals surface area contributed by atoms with Crippen LogP contribution in [0.1, 0.15) is 40.1 Å². The number of aromatic nitrogens is 4. The lowest BCUT2D eigenvalue weighted by Crippen LogP contribution is -2.47. The summed E-state index contributed by atoms with van der Waals surface area (Å²) in [5.41, 5.74) is 12.0. The molecule has 11 heteroatoms. The normalized spacial score (nSPS) is 20.0. The van der Waals surface area contributed by atoms with Gasteiger partial charge in [0.05, 0.1) is 12.4 Å². The van der Waals surface area contributed by atoms with E-state index in [1.807, 2.05) is 42.5 Å². The first-order chi connectivity index (χ1) is 21.0. The summed E-state index contributed by atoms with van der Waals surface area (Å²) in [5, 5.41) is 13.6. The summed E-state index contributed by atoms with van der Waals surface area (Å²) in [6.45, 7) is 0.118. The van der Waals surface area contributed by atoms with Gasteiger partial charge in [-0.2, -0.15) is 0 Å². The minimum absolute atomic E-state index is 0.112. The van der Waals surface area contributed by atoms with Crippen molar-refractivity contribution in [3.8, 4) is 11.1 Å². The van der Waals surface area contributed by atoms with Crippen LogP contribution in [0, 0.1) is 0 Å². The second-order valence-corrected chi connectivity index (χ2v) is 10.6. The van der Waals surface area contributed by atoms with Crippen molar-refractivity contribution in [3.05, 3.63) is 108 Å². The van der Waals surface area contributed by atoms with E-state index in [-0.39, 0.29) is 30.7 Å². The smallest absolute Gasteiger partial charge is 0.325 e. The monoisotopic (exact) mass is 576 g/mol. The van der Waals surface area contributed by atoms with E-state index >= 15 is 0 Å². The van der Waals surface area contributed by atoms with Crippen LogP contribution in [0.4, 0.5) is 5.82 Å². The number of nitrogens with zero attached hydrogens (tertiary/aromatic N) is 4. The fourth-order valence-corrected chi connectivity index (χ4v) is 5.93. The number of hydrogen-bond donors (Lipinski definition) is 3. The highest BCUT2D eigenvalue weighted by molar-refractivity contribution is 6.06. The topological polar surface area (TPSA) is 154 Å². The van der Waals surface area contributed by atoms with Gasteiger partial charge in [0.2, 0.25) is 0 Å². The van der Waals surface area contributed by atoms with Crippen molar-refractivity contribution in [2.45, 2.75) is 36.8 Å². The van der Waals surface area contributed by atoms with Crippen LogP contribution in [-0.4, -0.2) is 61.4 Å². The minimum Gasteiger partial charge on any atom is -0.463 e. The van der Waals surface area contributed by atoms with Crippen LogP contribution < -0.4 is 11.1 Å². The first-order valence-corrected chi connectivity index (χ1v) is 14.0. The van der Waals surface area contributed by atoms with Crippen LogP contribution in [0.2, 0.25) is 0 Å². The van der Waals surface area contributed by atoms with E-state index in [2.05, 4.69) is 32.4 Å². The molecule has 216 valence electrons. The number of carbonyl (C=O) groups is 2. The van der Waals surface area contributed by atoms with E-state index in [1.54, 1.807) is 28.8 Å². The van der Waals surface area contributed by atoms with Crippen molar-refractivity contribution < 1.29 is 24.2 Å². The molecule has 0 spiro atoms. The van der Waals surface area contributed by atoms with Gasteiger partial charge in [-0.25, -0.2) is 15.0 Å². The molecule has 1 aliphatic carbocycles. The zero-order chi connectivity index (χ0) is 29.5. The van der Waals surface area contributed by atoms with E-state index in [1.165, 1.54) is 12.7 Å². The summed E-state index contributed by atoms with van der Waals surface area (Å²) in [6.07, 6.45) is 0.220. The first-order valence-electron chi connectivity index (χ1n) is 14.0. The van der Waals surface area contributed by atoms with Gasteiger partial charge in [-0.3, -0.25) is 14.2 Å². The fourth-order valence-electron chi connectivity index (χ4n) is 5.93. The molecule has 4 atom stereocenters. The van der Waals surface area contributed by atoms with Crippen LogP contribution in [0.3, 0.4) is 0 Å². The van der Waals surface area contributed by atoms with Gasteiger partial charge in [-0.1, -0.05) is 66.7 Å². The summed E-state index contributed by atoms with van der Waals surface area (Å²) < 4.78 is 13.4. The molecule has 43 heavy (non-hydrogen) atoms. The number of benzene rings is 3. The second-order valence-electron chi connectivity index (χ2n) is 10.6. The molecule has 7 rings (SSSR count). The van der Waals surface area contributed by atoms with Gasteiger partial charge in [0, 0.05) is 17.9 Å². The molecule has 1 fully saturated rings. The predicted octanol–water partition coefficient (Wildman–Crippen LogP) is 3.41. The number of nitrogens with one attached hydrogen (secondary N) is 1. The van der Waals surface area contributed by atoms with Gasteiger partial charge in [-0.05, 0) is 34.4 Å². The highest BCUT2D eigenvalue weighted by Crippen LogP contribution is 2.44. The molecule has 3 heterocycles. The largest absolute Gasteiger partial charge is 0.463 e. The van der Waals surface area contributed by atoms with Crippen molar-refractivity contribution >= 4 is 28.9 Å². The molecule has 5 aromatic rings. The molecule has 3 aromatic carbocycles. The van der Waals surface area contributed by atoms with Crippen LogP contribution in [0.5, 0.6) is 0 Å². The van der Waals surface area contributed by atoms with Gasteiger partial charge in [0.25, 0.3) is 5.91 Å². The van der Waals surface area contributed by atoms with E-state index in [0.29, 0.717) is 16.7 Å². The highest BCUT2D eigenvalue weighted by Gasteiger charge is 2.43. The summed E-state index contributed by atoms with van der Waals surface area (Å²) in [5.74, 6) is -0.866. The Balaban J connectivity index is 1.04. The number of carbonyl (C=O) groups excluding carboxylic acids is 2. The van der Waals surface area contributed by atoms with Gasteiger partial charge >= 0.3 is 5.97 Å². The van der Waals surface area contributed by atoms with E-state index < -0.39 is 30.4 Å². The molecule has 1 aliphatic heterocycles. The lowest BCUT2D eigenvalue weighted by Gasteiger charge is -2.22. The van der Waals surface area contributed by atoms with Gasteiger partial charge < -0.3 is 25.6 Å². The number of aliphatic hydroxyl groups is 1. The van der Waals surface area contributed by atoms with Crippen LogP contribution >= 0.6 is 0 Å². The molecule has 1 amide bonds. The van der Waals surface area contributed by atoms with Gasteiger partial charge in [0.1, 0.15) is 31.3 Å². The predicted molar refractivity (Wildman–Crippen MR) is 157 cm³/mol. The summed E-state index contributed by atoms with van der Waals surface area (Å²) in [6, 6.07) is 23.7. The zero-order valence-electron chi connectivity index (χ0n) is 22.9. The SMILES string of the molecule is NC(C(=O)OCC1c2ccccc2-c2ccccc21)[C@H]1O[C@@H](n2cnc3c(NC(=O)c4ccccc4)ncnc32)CC1O. The molecule has 2 aliphatic rings. The number of esters is 1. The van der Waals surface area contributed by atoms with E-state index in [9.17, 15) is 14.7 Å². The number of hydrogen-bond acceptors (Lipinski definition) is 9. The van der Waals surface area contributed by atoms with Crippen LogP contribution in [0.25, 0.3) is 22.3 Å². The second kappa shape index (κ2) is 11.0. The Bertz CT molecular complexity index is 1780. The Labute approximate surface area is 246 Å². The first kappa shape index (κ1) is 26.9. The standard InChI is InChI=1S/C32H28N6O5/c33-26(32(41)42-15-23-21-12-6-4-10-19(21)20-11-5-7-13-22(20)23)28-24(39)14-25(43-28)38-17-36-27-29(34-16-35-30(27)38)37-31(40)18-8-2-1-3-9-18/h1-13,16-17,23-26,28,39H,14-15,33H2,(H,34,35,37,40)/t24?,25-,26?,28+/m1/s1. The molecule has 1 saturated heterocycles. The molecule has 0 radical (unpaired) electrons. The molecular weight excluding hydrogens is 548 g/mol. The Hall–Kier alpha value is -4.97. The van der Waals surface area contributed by atoms with Crippen molar-refractivity contribution in [3.63, 3.8) is 0 Å². The molecule has 2 unspecified atom stereocenters. The van der Waals surface area contributed by atoms with Crippen molar-refractivity contribution in [2.75, 3.05) is 11.9 Å². The summed E-state index contributed by atoms with van der Waals surface area (Å²) >= 11 is 0. The molecular formula is C32H28N6O5. The maximum absolute atomic E-state index is 13.1. The minimum atomic E-state index is -1.21. The van der Waals surface area contributed by atoms with Crippen molar-refractivity contribution in [1.29, 1.82) is 0 Å². The summed E-state index contributed by atoms with van der Waals surface area (Å²) in [4.78, 5) is 38.7. The number of ether oxygens (including phenoxy) is 2. The molecule has 11 nitrogen and oxygen atoms in total. The Morgan fingerprint density at radius 1 is 0.977 bits per heavy atom. The van der Waals surface area contributed by atoms with Crippen molar-refractivity contribution in [2.24, 2.45) is 5.73 Å². The Kier molecular flexibility index (Phi) is 6.90. The Morgan fingerprint density at radius 2 is 1.65 bits per heavy atom. The van der Waals surface area contributed by atoms with Crippen LogP contribution in [0.15, 0.2) is 91.5 Å². The lowest BCUT2D eigenvalue weighted by molar-refractivity contribution is -0.151. The van der Waals surface area contributed by atoms with Crippen LogP contribution in [-0.2, 0) is 14.3 Å². The van der Waals surface area contributed by atoms with Crippen molar-refractivity contribution in [1.82, 2.24) is 19.5 Å². The third kappa shape index (κ3) is 4.83. The summed E-state index contributed by atoms with van der Waals surface area (Å²) in [7, 11) is 0. The quantitative estimate of drug-likeness (QED) is 0.247. The number of amides is 1. The highest BCUT2D eigenvalue weighted by atomic mass is 16.6.